The molecule has 2 rings (SSSR count). The van der Waals surface area contributed by atoms with Crippen LogP contribution in [0.3, 0.4) is 0 Å². The maximum atomic E-state index is 12.1. The van der Waals surface area contributed by atoms with Crippen LogP contribution < -0.4 is 14.8 Å². The maximum Gasteiger partial charge on any atom is 0.335 e. The van der Waals surface area contributed by atoms with Gasteiger partial charge in [0.05, 0.1) is 4.90 Å². The monoisotopic (exact) mass is 396 g/mol. The highest BCUT2D eigenvalue weighted by atomic mass is 35.5. The van der Waals surface area contributed by atoms with Gasteiger partial charge in [-0.05, 0) is 50.2 Å². The molecule has 2 aromatic rings. The van der Waals surface area contributed by atoms with E-state index in [0.717, 1.165) is 5.56 Å². The number of urea groups is 1. The summed E-state index contributed by atoms with van der Waals surface area (Å²) >= 11 is 5.76. The largest absolute Gasteiger partial charge is 0.481 e. The van der Waals surface area contributed by atoms with Crippen molar-refractivity contribution in [1.29, 1.82) is 0 Å². The van der Waals surface area contributed by atoms with E-state index < -0.39 is 28.1 Å². The van der Waals surface area contributed by atoms with E-state index in [0.29, 0.717) is 10.8 Å². The minimum atomic E-state index is -4.08. The fourth-order valence-electron chi connectivity index (χ4n) is 1.91. The molecule has 26 heavy (non-hydrogen) atoms. The Bertz CT molecular complexity index is 896. The molecular weight excluding hydrogens is 380 g/mol. The van der Waals surface area contributed by atoms with Crippen LogP contribution in [0.2, 0.25) is 5.02 Å². The van der Waals surface area contributed by atoms with Crippen LogP contribution in [-0.2, 0) is 14.8 Å². The van der Waals surface area contributed by atoms with Crippen LogP contribution in [0.4, 0.5) is 4.79 Å². The van der Waals surface area contributed by atoms with Crippen molar-refractivity contribution in [1.82, 2.24) is 10.0 Å². The number of amides is 3. The van der Waals surface area contributed by atoms with Gasteiger partial charge in [-0.25, -0.2) is 17.9 Å². The summed E-state index contributed by atoms with van der Waals surface area (Å²) < 4.78 is 31.3. The van der Waals surface area contributed by atoms with Gasteiger partial charge in [0.1, 0.15) is 5.75 Å². The molecule has 9 heteroatoms. The number of halogens is 1. The molecule has 0 radical (unpaired) electrons. The third kappa shape index (κ3) is 5.47. The second kappa shape index (κ2) is 8.20. The number of hydrogen-bond acceptors (Lipinski definition) is 5. The Labute approximate surface area is 156 Å². The van der Waals surface area contributed by atoms with Gasteiger partial charge in [0.2, 0.25) is 0 Å². The molecule has 2 N–H and O–H groups in total. The van der Waals surface area contributed by atoms with E-state index in [4.69, 9.17) is 16.3 Å². The lowest BCUT2D eigenvalue weighted by atomic mass is 10.2. The van der Waals surface area contributed by atoms with Gasteiger partial charge < -0.3 is 4.74 Å². The van der Waals surface area contributed by atoms with Crippen molar-refractivity contribution in [2.75, 3.05) is 0 Å². The smallest absolute Gasteiger partial charge is 0.335 e. The van der Waals surface area contributed by atoms with Crippen molar-refractivity contribution < 1.29 is 22.7 Å². The number of carbonyl (C=O) groups excluding carboxylic acids is 2. The van der Waals surface area contributed by atoms with Crippen LogP contribution in [0, 0.1) is 6.92 Å². The Hall–Kier alpha value is -2.58. The summed E-state index contributed by atoms with van der Waals surface area (Å²) in [7, 11) is -4.08. The number of benzene rings is 2. The summed E-state index contributed by atoms with van der Waals surface area (Å²) in [5.41, 5.74) is 0.872. The molecule has 0 aliphatic heterocycles. The van der Waals surface area contributed by atoms with Gasteiger partial charge in [-0.1, -0.05) is 29.3 Å². The quantitative estimate of drug-likeness (QED) is 0.808. The lowest BCUT2D eigenvalue weighted by molar-refractivity contribution is -0.126. The van der Waals surface area contributed by atoms with Crippen LogP contribution in [0.5, 0.6) is 5.75 Å². The minimum absolute atomic E-state index is 0.0869. The molecule has 1 atom stereocenters. The summed E-state index contributed by atoms with van der Waals surface area (Å²) in [5, 5.41) is 2.44. The van der Waals surface area contributed by atoms with Gasteiger partial charge in [0.25, 0.3) is 15.9 Å². The van der Waals surface area contributed by atoms with Crippen molar-refractivity contribution in [3.63, 3.8) is 0 Å². The molecule has 0 fully saturated rings. The fourth-order valence-corrected chi connectivity index (χ4v) is 2.94. The number of aryl methyl sites for hydroxylation is 1. The second-order valence-electron chi connectivity index (χ2n) is 5.45. The summed E-state index contributed by atoms with van der Waals surface area (Å²) in [6.45, 7) is 3.23. The Morgan fingerprint density at radius 2 is 1.62 bits per heavy atom. The van der Waals surface area contributed by atoms with Crippen molar-refractivity contribution in [3.05, 3.63) is 59.1 Å². The third-order valence-electron chi connectivity index (χ3n) is 3.29. The average Bonchev–Trinajstić information content (AvgIpc) is 2.56. The zero-order chi connectivity index (χ0) is 19.3. The molecule has 0 bridgehead atoms. The van der Waals surface area contributed by atoms with Gasteiger partial charge >= 0.3 is 6.03 Å². The summed E-state index contributed by atoms with van der Waals surface area (Å²) in [6.07, 6.45) is -1.02. The van der Waals surface area contributed by atoms with Crippen LogP contribution in [-0.4, -0.2) is 26.5 Å². The van der Waals surface area contributed by atoms with Gasteiger partial charge in [-0.3, -0.25) is 10.1 Å². The van der Waals surface area contributed by atoms with Crippen molar-refractivity contribution in [2.45, 2.75) is 24.8 Å². The number of carbonyl (C=O) groups is 2. The van der Waals surface area contributed by atoms with E-state index >= 15 is 0 Å². The van der Waals surface area contributed by atoms with Crippen LogP contribution in [0.25, 0.3) is 0 Å². The normalized spacial score (nSPS) is 12.1. The number of sulfonamides is 1. The summed E-state index contributed by atoms with van der Waals surface area (Å²) in [5.74, 6) is -0.415. The van der Waals surface area contributed by atoms with E-state index in [1.165, 1.54) is 19.1 Å². The zero-order valence-electron chi connectivity index (χ0n) is 14.0. The highest BCUT2D eigenvalue weighted by Gasteiger charge is 2.22. The molecule has 0 aliphatic carbocycles. The number of nitrogens with one attached hydrogen (secondary N) is 2. The predicted octanol–water partition coefficient (Wildman–Crippen LogP) is 2.63. The van der Waals surface area contributed by atoms with E-state index in [-0.39, 0.29) is 4.90 Å². The molecule has 7 nitrogen and oxygen atoms in total. The first-order chi connectivity index (χ1) is 12.2. The van der Waals surface area contributed by atoms with Crippen molar-refractivity contribution in [2.24, 2.45) is 0 Å². The maximum absolute atomic E-state index is 12.1. The highest BCUT2D eigenvalue weighted by Crippen LogP contribution is 2.16. The van der Waals surface area contributed by atoms with E-state index in [9.17, 15) is 18.0 Å². The van der Waals surface area contributed by atoms with E-state index in [2.05, 4.69) is 0 Å². The molecule has 3 amide bonds. The van der Waals surface area contributed by atoms with Crippen LogP contribution in [0.15, 0.2) is 53.4 Å². The second-order valence-corrected chi connectivity index (χ2v) is 7.57. The minimum Gasteiger partial charge on any atom is -0.481 e. The third-order valence-corrected chi connectivity index (χ3v) is 4.89. The number of rotatable bonds is 5. The molecular formula is C17H17ClN2O5S. The van der Waals surface area contributed by atoms with Gasteiger partial charge in [0, 0.05) is 5.02 Å². The summed E-state index contributed by atoms with van der Waals surface area (Å²) in [6, 6.07) is 11.0. The molecule has 0 spiro atoms. The Morgan fingerprint density at radius 3 is 2.19 bits per heavy atom. The van der Waals surface area contributed by atoms with Crippen molar-refractivity contribution in [3.8, 4) is 5.75 Å². The van der Waals surface area contributed by atoms with Crippen LogP contribution in [0.1, 0.15) is 12.5 Å². The summed E-state index contributed by atoms with van der Waals surface area (Å²) in [4.78, 5) is 23.7. The number of hydrogen-bond donors (Lipinski definition) is 2. The van der Waals surface area contributed by atoms with Gasteiger partial charge in [-0.15, -0.1) is 0 Å². The first kappa shape index (κ1) is 19.7. The first-order valence-electron chi connectivity index (χ1n) is 7.54. The number of imide groups is 1. The van der Waals surface area contributed by atoms with Gasteiger partial charge in [0.15, 0.2) is 6.10 Å². The molecule has 0 heterocycles. The standard InChI is InChI=1S/C17H17ClN2O5S/c1-11-3-9-15(10-4-11)26(23,24)20-17(22)19-16(21)12(2)25-14-7-5-13(18)6-8-14/h3-10,12H,1-2H3,(H2,19,20,21,22). The fraction of sp³-hybridized carbons (Fsp3) is 0.176. The molecule has 0 saturated carbocycles. The average molecular weight is 397 g/mol. The number of ether oxygens (including phenoxy) is 1. The van der Waals surface area contributed by atoms with Crippen LogP contribution >= 0.6 is 11.6 Å². The SMILES string of the molecule is Cc1ccc(S(=O)(=O)NC(=O)NC(=O)C(C)Oc2ccc(Cl)cc2)cc1. The van der Waals surface area contributed by atoms with E-state index in [1.54, 1.807) is 48.0 Å². The molecule has 0 aliphatic rings. The molecule has 0 saturated heterocycles. The topological polar surface area (TPSA) is 102 Å². The lowest BCUT2D eigenvalue weighted by Gasteiger charge is -2.14. The zero-order valence-corrected chi connectivity index (χ0v) is 15.6. The van der Waals surface area contributed by atoms with Gasteiger partial charge in [-0.2, -0.15) is 0 Å². The Balaban J connectivity index is 1.94. The Kier molecular flexibility index (Phi) is 6.23. The van der Waals surface area contributed by atoms with Crippen molar-refractivity contribution >= 4 is 33.6 Å². The molecule has 0 aromatic heterocycles. The lowest BCUT2D eigenvalue weighted by Crippen LogP contribution is -2.46. The highest BCUT2D eigenvalue weighted by molar-refractivity contribution is 7.90. The molecule has 2 aromatic carbocycles. The van der Waals surface area contributed by atoms with E-state index in [1.807, 2.05) is 5.32 Å². The Morgan fingerprint density at radius 1 is 1.04 bits per heavy atom. The first-order valence-corrected chi connectivity index (χ1v) is 9.40. The molecule has 138 valence electrons. The molecule has 1 unspecified atom stereocenters. The predicted molar refractivity (Wildman–Crippen MR) is 96.6 cm³/mol.